The van der Waals surface area contributed by atoms with Gasteiger partial charge in [0.1, 0.15) is 0 Å². The van der Waals surface area contributed by atoms with Crippen LogP contribution in [0.25, 0.3) is 21.5 Å². The lowest BCUT2D eigenvalue weighted by Gasteiger charge is -2.17. The first-order chi connectivity index (χ1) is 18.2. The predicted octanol–water partition coefficient (Wildman–Crippen LogP) is 10.5. The molecule has 2 N–H and O–H groups in total. The first kappa shape index (κ1) is 31.3. The van der Waals surface area contributed by atoms with E-state index >= 15 is 0 Å². The SMILES string of the molecule is O=C(O)c1c(Br)c(Br)c2c(Br)c(Br)ccc2c1C(=O)OC(=O)c1c(C(=O)O)c(Br)c(Br)c2c(Br)c(Br)ccc12. The average molecular weight is 1050 g/mol. The van der Waals surface area contributed by atoms with Gasteiger partial charge in [0.2, 0.25) is 0 Å². The van der Waals surface area contributed by atoms with Crippen molar-refractivity contribution in [2.75, 3.05) is 0 Å². The van der Waals surface area contributed by atoms with Gasteiger partial charge in [0.25, 0.3) is 0 Å². The molecule has 7 nitrogen and oxygen atoms in total. The molecule has 0 atom stereocenters. The number of carbonyl (C=O) groups is 4. The predicted molar refractivity (Wildman–Crippen MR) is 173 cm³/mol. The van der Waals surface area contributed by atoms with E-state index in [1.165, 1.54) is 12.1 Å². The summed E-state index contributed by atoms with van der Waals surface area (Å²) in [7, 11) is 0. The molecule has 0 radical (unpaired) electrons. The third-order valence-electron chi connectivity index (χ3n) is 5.51. The highest BCUT2D eigenvalue weighted by Gasteiger charge is 2.33. The van der Waals surface area contributed by atoms with Crippen LogP contribution in [0, 0.1) is 0 Å². The van der Waals surface area contributed by atoms with Crippen LogP contribution >= 0.6 is 127 Å². The van der Waals surface area contributed by atoms with E-state index < -0.39 is 46.1 Å². The van der Waals surface area contributed by atoms with Crippen molar-refractivity contribution in [3.8, 4) is 0 Å². The van der Waals surface area contributed by atoms with Gasteiger partial charge < -0.3 is 14.9 Å². The third kappa shape index (κ3) is 5.35. The van der Waals surface area contributed by atoms with Crippen LogP contribution in [0.4, 0.5) is 0 Å². The molecule has 4 aromatic rings. The molecule has 0 saturated heterocycles. The summed E-state index contributed by atoms with van der Waals surface area (Å²) < 4.78 is 8.25. The van der Waals surface area contributed by atoms with Crippen LogP contribution in [0.2, 0.25) is 0 Å². The summed E-state index contributed by atoms with van der Waals surface area (Å²) in [4.78, 5) is 51.6. The number of rotatable bonds is 4. The summed E-state index contributed by atoms with van der Waals surface area (Å²) in [6.07, 6.45) is 0. The number of halogens is 8. The van der Waals surface area contributed by atoms with Gasteiger partial charge in [-0.3, -0.25) is 0 Å². The van der Waals surface area contributed by atoms with E-state index in [0.29, 0.717) is 37.6 Å². The Morgan fingerprint density at radius 3 is 1.13 bits per heavy atom. The van der Waals surface area contributed by atoms with Crippen molar-refractivity contribution in [2.45, 2.75) is 0 Å². The van der Waals surface area contributed by atoms with E-state index in [4.69, 9.17) is 4.74 Å². The maximum absolute atomic E-state index is 13.6. The molecule has 4 aromatic carbocycles. The Hall–Kier alpha value is -0.680. The molecule has 0 aliphatic carbocycles. The Morgan fingerprint density at radius 1 is 0.487 bits per heavy atom. The number of carbonyl (C=O) groups excluding carboxylic acids is 2. The number of ether oxygens (including phenoxy) is 1. The maximum Gasteiger partial charge on any atom is 0.347 e. The van der Waals surface area contributed by atoms with Crippen molar-refractivity contribution in [3.05, 3.63) is 82.3 Å². The Kier molecular flexibility index (Phi) is 9.54. The first-order valence-electron chi connectivity index (χ1n) is 10.0. The van der Waals surface area contributed by atoms with E-state index in [9.17, 15) is 29.4 Å². The molecule has 0 bridgehead atoms. The molecule has 0 spiro atoms. The highest BCUT2D eigenvalue weighted by molar-refractivity contribution is 9.14. The van der Waals surface area contributed by atoms with E-state index in [0.717, 1.165) is 0 Å². The van der Waals surface area contributed by atoms with Crippen LogP contribution in [0.5, 0.6) is 0 Å². The number of carboxylic acids is 2. The van der Waals surface area contributed by atoms with Crippen LogP contribution in [-0.2, 0) is 4.74 Å². The number of fused-ring (bicyclic) bond motifs is 2. The van der Waals surface area contributed by atoms with Crippen molar-refractivity contribution in [2.24, 2.45) is 0 Å². The number of benzene rings is 4. The molecule has 15 heteroatoms. The smallest absolute Gasteiger partial charge is 0.347 e. The van der Waals surface area contributed by atoms with Gasteiger partial charge in [0, 0.05) is 46.6 Å². The van der Waals surface area contributed by atoms with Gasteiger partial charge in [-0.15, -0.1) is 0 Å². The zero-order valence-electron chi connectivity index (χ0n) is 18.3. The summed E-state index contributed by atoms with van der Waals surface area (Å²) in [5.41, 5.74) is -1.72. The van der Waals surface area contributed by atoms with Crippen LogP contribution in [0.1, 0.15) is 41.4 Å². The molecule has 0 heterocycles. The fourth-order valence-corrected chi connectivity index (χ4v) is 8.52. The molecule has 0 aromatic heterocycles. The van der Waals surface area contributed by atoms with Gasteiger partial charge in [-0.1, -0.05) is 12.1 Å². The molecule has 0 unspecified atom stereocenters. The van der Waals surface area contributed by atoms with Gasteiger partial charge in [0.05, 0.1) is 22.3 Å². The quantitative estimate of drug-likeness (QED) is 0.154. The van der Waals surface area contributed by atoms with Gasteiger partial charge >= 0.3 is 23.9 Å². The second-order valence-corrected chi connectivity index (χ2v) is 14.1. The molecular formula is C24H6Br8O7. The lowest BCUT2D eigenvalue weighted by molar-refractivity contribution is 0.0389. The van der Waals surface area contributed by atoms with Crippen molar-refractivity contribution in [3.63, 3.8) is 0 Å². The summed E-state index contributed by atoms with van der Waals surface area (Å²) in [6.45, 7) is 0. The minimum absolute atomic E-state index is 0.0394. The first-order valence-corrected chi connectivity index (χ1v) is 16.3. The Balaban J connectivity index is 2.00. The Bertz CT molecular complexity index is 1690. The lowest BCUT2D eigenvalue weighted by atomic mass is 9.98. The zero-order chi connectivity index (χ0) is 29.1. The Morgan fingerprint density at radius 2 is 0.821 bits per heavy atom. The zero-order valence-corrected chi connectivity index (χ0v) is 31.0. The molecule has 39 heavy (non-hydrogen) atoms. The monoisotopic (exact) mass is 1040 g/mol. The molecule has 0 aliphatic heterocycles. The molecule has 0 fully saturated rings. The number of hydrogen-bond acceptors (Lipinski definition) is 5. The summed E-state index contributed by atoms with van der Waals surface area (Å²) in [6, 6.07) is 6.18. The van der Waals surface area contributed by atoms with Crippen molar-refractivity contribution in [1.29, 1.82) is 0 Å². The minimum Gasteiger partial charge on any atom is -0.478 e. The van der Waals surface area contributed by atoms with Crippen LogP contribution in [0.3, 0.4) is 0 Å². The van der Waals surface area contributed by atoms with Gasteiger partial charge in [-0.2, -0.15) is 0 Å². The van der Waals surface area contributed by atoms with Gasteiger partial charge in [-0.25, -0.2) is 19.2 Å². The van der Waals surface area contributed by atoms with Crippen molar-refractivity contribution >= 4 is 173 Å². The highest BCUT2D eigenvalue weighted by Crippen LogP contribution is 2.46. The Labute approximate surface area is 286 Å². The van der Waals surface area contributed by atoms with E-state index in [1.807, 2.05) is 0 Å². The third-order valence-corrected chi connectivity index (χ3v) is 13.8. The van der Waals surface area contributed by atoms with E-state index in [2.05, 4.69) is 127 Å². The summed E-state index contributed by atoms with van der Waals surface area (Å²) in [5, 5.41) is 21.1. The fourth-order valence-electron chi connectivity index (χ4n) is 3.89. The van der Waals surface area contributed by atoms with Crippen LogP contribution in [-0.4, -0.2) is 34.1 Å². The standard InChI is InChI=1S/C24H6Br8O7/c25-7-3-1-5-9(13(21(33)34)19(31)17(29)11(5)15(7)27)23(37)39-24(38)10-6-2-4-8(26)16(28)12(6)18(30)20(32)14(10)22(35)36/h1-4H,(H,33,34)(H,35,36). The molecule has 200 valence electrons. The normalized spacial score (nSPS) is 11.2. The van der Waals surface area contributed by atoms with Gasteiger partial charge in [-0.05, 0) is 150 Å². The molecule has 0 amide bonds. The molecular weight excluding hydrogens is 1040 g/mol. The van der Waals surface area contributed by atoms with Crippen molar-refractivity contribution < 1.29 is 34.1 Å². The fraction of sp³-hybridized carbons (Fsp3) is 0. The molecule has 0 saturated carbocycles. The number of hydrogen-bond donors (Lipinski definition) is 2. The topological polar surface area (TPSA) is 118 Å². The second-order valence-electron chi connectivity index (χ2n) is 7.61. The minimum atomic E-state index is -1.46. The van der Waals surface area contributed by atoms with Crippen LogP contribution < -0.4 is 0 Å². The number of aromatic carboxylic acids is 2. The average Bonchev–Trinajstić information content (AvgIpc) is 2.86. The van der Waals surface area contributed by atoms with E-state index in [1.54, 1.807) is 12.1 Å². The highest BCUT2D eigenvalue weighted by atomic mass is 79.9. The second kappa shape index (κ2) is 11.9. The lowest BCUT2D eigenvalue weighted by Crippen LogP contribution is -2.20. The van der Waals surface area contributed by atoms with Crippen molar-refractivity contribution in [1.82, 2.24) is 0 Å². The maximum atomic E-state index is 13.6. The van der Waals surface area contributed by atoms with E-state index in [-0.39, 0.29) is 19.7 Å². The number of esters is 2. The molecule has 4 rings (SSSR count). The van der Waals surface area contributed by atoms with Crippen LogP contribution in [0.15, 0.2) is 60.0 Å². The largest absolute Gasteiger partial charge is 0.478 e. The number of carboxylic acid groups (broad SMARTS) is 2. The molecule has 0 aliphatic rings. The van der Waals surface area contributed by atoms with Gasteiger partial charge in [0.15, 0.2) is 0 Å². The summed E-state index contributed by atoms with van der Waals surface area (Å²) in [5.74, 6) is -5.49. The summed E-state index contributed by atoms with van der Waals surface area (Å²) >= 11 is 26.8.